The topological polar surface area (TPSA) is 55.7 Å². The van der Waals surface area contributed by atoms with Crippen LogP contribution in [0.4, 0.5) is 5.69 Å². The predicted octanol–water partition coefficient (Wildman–Crippen LogP) is 0.256. The molecular formula is C13H20N2O2. The largest absolute Gasteiger partial charge is 0.389 e. The van der Waals surface area contributed by atoms with Gasteiger partial charge in [-0.3, -0.25) is 0 Å². The number of aryl methyl sites for hydroxylation is 1. The van der Waals surface area contributed by atoms with Gasteiger partial charge in [0, 0.05) is 25.3 Å². The number of nitrogens with one attached hydrogen (secondary N) is 1. The lowest BCUT2D eigenvalue weighted by Crippen LogP contribution is -2.22. The molecule has 4 nitrogen and oxygen atoms in total. The molecule has 3 N–H and O–H groups in total. The highest BCUT2D eigenvalue weighted by molar-refractivity contribution is 5.52. The van der Waals surface area contributed by atoms with E-state index in [0.717, 1.165) is 12.2 Å². The molecule has 17 heavy (non-hydrogen) atoms. The zero-order valence-corrected chi connectivity index (χ0v) is 10.3. The molecule has 1 saturated heterocycles. The first-order chi connectivity index (χ1) is 8.11. The van der Waals surface area contributed by atoms with Gasteiger partial charge in [0.25, 0.3) is 0 Å². The fourth-order valence-corrected chi connectivity index (χ4v) is 2.25. The predicted molar refractivity (Wildman–Crippen MR) is 68.2 cm³/mol. The normalized spacial score (nSPS) is 24.4. The van der Waals surface area contributed by atoms with Gasteiger partial charge in [-0.1, -0.05) is 6.07 Å². The molecule has 0 radical (unpaired) electrons. The summed E-state index contributed by atoms with van der Waals surface area (Å²) in [4.78, 5) is 2.02. The highest BCUT2D eigenvalue weighted by atomic mass is 16.3. The van der Waals surface area contributed by atoms with Crippen LogP contribution in [-0.4, -0.2) is 42.6 Å². The Kier molecular flexibility index (Phi) is 3.66. The van der Waals surface area contributed by atoms with Crippen LogP contribution in [0.3, 0.4) is 0 Å². The lowest BCUT2D eigenvalue weighted by Gasteiger charge is -2.19. The van der Waals surface area contributed by atoms with E-state index in [-0.39, 0.29) is 0 Å². The maximum atomic E-state index is 9.54. The van der Waals surface area contributed by atoms with Crippen molar-refractivity contribution in [1.82, 2.24) is 5.32 Å². The second-order valence-electron chi connectivity index (χ2n) is 4.68. The molecule has 4 heteroatoms. The third-order valence-corrected chi connectivity index (χ3v) is 3.32. The van der Waals surface area contributed by atoms with E-state index in [1.807, 2.05) is 18.0 Å². The van der Waals surface area contributed by atoms with Crippen LogP contribution < -0.4 is 10.2 Å². The first kappa shape index (κ1) is 12.4. The molecule has 1 aromatic rings. The van der Waals surface area contributed by atoms with Gasteiger partial charge in [0.2, 0.25) is 0 Å². The number of hydrogen-bond acceptors (Lipinski definition) is 4. The SMILES string of the molecule is CNCc1ccc(N2CC(O)C(O)C2)cc1C. The Hall–Kier alpha value is -1.10. The summed E-state index contributed by atoms with van der Waals surface area (Å²) in [6, 6.07) is 6.25. The van der Waals surface area contributed by atoms with Gasteiger partial charge in [-0.05, 0) is 37.2 Å². The maximum Gasteiger partial charge on any atom is 0.0990 e. The summed E-state index contributed by atoms with van der Waals surface area (Å²) in [5, 5.41) is 22.2. The van der Waals surface area contributed by atoms with Crippen LogP contribution >= 0.6 is 0 Å². The molecule has 2 unspecified atom stereocenters. The van der Waals surface area contributed by atoms with E-state index in [1.54, 1.807) is 0 Å². The van der Waals surface area contributed by atoms with E-state index in [4.69, 9.17) is 0 Å². The van der Waals surface area contributed by atoms with Crippen molar-refractivity contribution in [1.29, 1.82) is 0 Å². The number of aliphatic hydroxyl groups is 2. The lowest BCUT2D eigenvalue weighted by molar-refractivity contribution is 0.0572. The van der Waals surface area contributed by atoms with Crippen LogP contribution in [0.25, 0.3) is 0 Å². The molecule has 1 aliphatic heterocycles. The van der Waals surface area contributed by atoms with E-state index in [9.17, 15) is 10.2 Å². The minimum Gasteiger partial charge on any atom is -0.389 e. The van der Waals surface area contributed by atoms with Gasteiger partial charge in [0.1, 0.15) is 0 Å². The van der Waals surface area contributed by atoms with E-state index in [0.29, 0.717) is 13.1 Å². The third-order valence-electron chi connectivity index (χ3n) is 3.32. The second kappa shape index (κ2) is 5.04. The third kappa shape index (κ3) is 2.60. The van der Waals surface area contributed by atoms with Gasteiger partial charge >= 0.3 is 0 Å². The molecule has 0 bridgehead atoms. The van der Waals surface area contributed by atoms with Crippen molar-refractivity contribution in [2.75, 3.05) is 25.0 Å². The summed E-state index contributed by atoms with van der Waals surface area (Å²) in [6.07, 6.45) is -1.26. The minimum absolute atomic E-state index is 0.506. The average Bonchev–Trinajstić information content (AvgIpc) is 2.62. The molecular weight excluding hydrogens is 216 g/mol. The zero-order valence-electron chi connectivity index (χ0n) is 10.3. The fourth-order valence-electron chi connectivity index (χ4n) is 2.25. The number of benzene rings is 1. The van der Waals surface area contributed by atoms with Crippen molar-refractivity contribution >= 4 is 5.69 Å². The number of aliphatic hydroxyl groups excluding tert-OH is 2. The summed E-state index contributed by atoms with van der Waals surface area (Å²) in [6.45, 7) is 3.95. The maximum absolute atomic E-state index is 9.54. The van der Waals surface area contributed by atoms with Crippen molar-refractivity contribution in [2.24, 2.45) is 0 Å². The smallest absolute Gasteiger partial charge is 0.0990 e. The molecule has 0 spiro atoms. The second-order valence-corrected chi connectivity index (χ2v) is 4.68. The molecule has 1 heterocycles. The first-order valence-electron chi connectivity index (χ1n) is 5.97. The molecule has 0 aromatic heterocycles. The zero-order chi connectivity index (χ0) is 12.4. The molecule has 0 amide bonds. The van der Waals surface area contributed by atoms with Crippen molar-refractivity contribution in [3.8, 4) is 0 Å². The van der Waals surface area contributed by atoms with Gasteiger partial charge in [-0.2, -0.15) is 0 Å². The van der Waals surface area contributed by atoms with Gasteiger partial charge < -0.3 is 20.4 Å². The highest BCUT2D eigenvalue weighted by Gasteiger charge is 2.29. The van der Waals surface area contributed by atoms with Crippen LogP contribution in [0.15, 0.2) is 18.2 Å². The monoisotopic (exact) mass is 236 g/mol. The van der Waals surface area contributed by atoms with Crippen molar-refractivity contribution < 1.29 is 10.2 Å². The van der Waals surface area contributed by atoms with E-state index in [1.165, 1.54) is 11.1 Å². The number of hydrogen-bond donors (Lipinski definition) is 3. The molecule has 94 valence electrons. The number of rotatable bonds is 3. The van der Waals surface area contributed by atoms with Crippen LogP contribution in [0.1, 0.15) is 11.1 Å². The van der Waals surface area contributed by atoms with Crippen LogP contribution in [0.5, 0.6) is 0 Å². The summed E-state index contributed by atoms with van der Waals surface area (Å²) in [7, 11) is 1.93. The molecule has 1 aromatic carbocycles. The van der Waals surface area contributed by atoms with E-state index in [2.05, 4.69) is 24.4 Å². The molecule has 2 rings (SSSR count). The molecule has 0 aliphatic carbocycles. The minimum atomic E-state index is -0.632. The summed E-state index contributed by atoms with van der Waals surface area (Å²) in [5.74, 6) is 0. The summed E-state index contributed by atoms with van der Waals surface area (Å²) in [5.41, 5.74) is 3.57. The molecule has 2 atom stereocenters. The molecule has 0 saturated carbocycles. The van der Waals surface area contributed by atoms with E-state index < -0.39 is 12.2 Å². The highest BCUT2D eigenvalue weighted by Crippen LogP contribution is 2.23. The van der Waals surface area contributed by atoms with Crippen molar-refractivity contribution in [3.05, 3.63) is 29.3 Å². The van der Waals surface area contributed by atoms with Crippen molar-refractivity contribution in [2.45, 2.75) is 25.7 Å². The Morgan fingerprint density at radius 2 is 1.94 bits per heavy atom. The van der Waals surface area contributed by atoms with Crippen molar-refractivity contribution in [3.63, 3.8) is 0 Å². The van der Waals surface area contributed by atoms with Crippen LogP contribution in [-0.2, 0) is 6.54 Å². The number of anilines is 1. The summed E-state index contributed by atoms with van der Waals surface area (Å²) >= 11 is 0. The molecule has 1 fully saturated rings. The quantitative estimate of drug-likeness (QED) is 0.704. The Bertz CT molecular complexity index is 385. The first-order valence-corrected chi connectivity index (χ1v) is 5.97. The average molecular weight is 236 g/mol. The van der Waals surface area contributed by atoms with Gasteiger partial charge in [-0.25, -0.2) is 0 Å². The van der Waals surface area contributed by atoms with Crippen LogP contribution in [0.2, 0.25) is 0 Å². The Morgan fingerprint density at radius 3 is 2.47 bits per heavy atom. The van der Waals surface area contributed by atoms with Gasteiger partial charge in [-0.15, -0.1) is 0 Å². The fraction of sp³-hybridized carbons (Fsp3) is 0.538. The lowest BCUT2D eigenvalue weighted by atomic mass is 10.1. The standard InChI is InChI=1S/C13H20N2O2/c1-9-5-11(4-3-10(9)6-14-2)15-7-12(16)13(17)8-15/h3-5,12-14,16-17H,6-8H2,1-2H3. The van der Waals surface area contributed by atoms with Crippen LogP contribution in [0, 0.1) is 6.92 Å². The Labute approximate surface area is 102 Å². The number of β-amino-alcohol motifs (C(OH)–C–C–N with tert-alkyl or cyclic N) is 2. The summed E-state index contributed by atoms with van der Waals surface area (Å²) < 4.78 is 0. The Balaban J connectivity index is 2.15. The van der Waals surface area contributed by atoms with E-state index >= 15 is 0 Å². The number of nitrogens with zero attached hydrogens (tertiary/aromatic N) is 1. The van der Waals surface area contributed by atoms with Gasteiger partial charge in [0.05, 0.1) is 12.2 Å². The Morgan fingerprint density at radius 1 is 1.29 bits per heavy atom. The molecule has 1 aliphatic rings. The van der Waals surface area contributed by atoms with Gasteiger partial charge in [0.15, 0.2) is 0 Å².